The fourth-order valence-electron chi connectivity index (χ4n) is 4.42. The van der Waals surface area contributed by atoms with E-state index in [-0.39, 0.29) is 31.5 Å². The van der Waals surface area contributed by atoms with E-state index in [9.17, 15) is 14.4 Å². The Kier molecular flexibility index (Phi) is 6.44. The van der Waals surface area contributed by atoms with Gasteiger partial charge < -0.3 is 20.1 Å². The van der Waals surface area contributed by atoms with E-state index in [1.807, 2.05) is 36.4 Å². The molecule has 0 aliphatic heterocycles. The van der Waals surface area contributed by atoms with Crippen LogP contribution in [0.2, 0.25) is 0 Å². The van der Waals surface area contributed by atoms with Crippen molar-refractivity contribution in [3.05, 3.63) is 59.7 Å². The van der Waals surface area contributed by atoms with Crippen LogP contribution in [0.5, 0.6) is 0 Å². The third-order valence-corrected chi connectivity index (χ3v) is 6.22. The maximum atomic E-state index is 12.9. The Labute approximate surface area is 187 Å². The van der Waals surface area contributed by atoms with Crippen LogP contribution >= 0.6 is 0 Å². The first-order valence-electron chi connectivity index (χ1n) is 11.1. The topological polar surface area (TPSA) is 95.9 Å². The zero-order valence-electron chi connectivity index (χ0n) is 18.1. The van der Waals surface area contributed by atoms with Gasteiger partial charge in [0, 0.05) is 12.5 Å². The lowest BCUT2D eigenvalue weighted by Crippen LogP contribution is -2.50. The summed E-state index contributed by atoms with van der Waals surface area (Å²) < 4.78 is 5.58. The Morgan fingerprint density at radius 3 is 2.19 bits per heavy atom. The summed E-state index contributed by atoms with van der Waals surface area (Å²) in [7, 11) is 0. The van der Waals surface area contributed by atoms with Crippen molar-refractivity contribution in [2.45, 2.75) is 38.1 Å². The van der Waals surface area contributed by atoms with Gasteiger partial charge >= 0.3 is 12.1 Å². The van der Waals surface area contributed by atoms with Gasteiger partial charge in [0.25, 0.3) is 0 Å². The van der Waals surface area contributed by atoms with Crippen molar-refractivity contribution >= 4 is 18.0 Å². The zero-order valence-corrected chi connectivity index (χ0v) is 18.1. The molecular formula is C25H28N2O5. The van der Waals surface area contributed by atoms with Gasteiger partial charge in [-0.2, -0.15) is 0 Å². The van der Waals surface area contributed by atoms with Gasteiger partial charge in [-0.3, -0.25) is 9.59 Å². The Bertz CT molecular complexity index is 971. The first-order valence-corrected chi connectivity index (χ1v) is 11.1. The third kappa shape index (κ3) is 4.77. The molecule has 2 amide bonds. The van der Waals surface area contributed by atoms with Crippen LogP contribution in [0.15, 0.2) is 48.5 Å². The number of ether oxygens (including phenoxy) is 1. The van der Waals surface area contributed by atoms with Crippen molar-refractivity contribution in [3.63, 3.8) is 0 Å². The van der Waals surface area contributed by atoms with Gasteiger partial charge in [0.1, 0.15) is 19.2 Å². The zero-order chi connectivity index (χ0) is 22.7. The first kappa shape index (κ1) is 21.9. The van der Waals surface area contributed by atoms with Gasteiger partial charge in [0.05, 0.1) is 0 Å². The number of fused-ring (bicyclic) bond motifs is 3. The number of amides is 2. The second kappa shape index (κ2) is 9.42. The van der Waals surface area contributed by atoms with Crippen molar-refractivity contribution in [3.8, 4) is 11.1 Å². The van der Waals surface area contributed by atoms with Gasteiger partial charge in [0.2, 0.25) is 5.91 Å². The lowest BCUT2D eigenvalue weighted by molar-refractivity contribution is -0.145. The molecule has 2 N–H and O–H groups in total. The highest BCUT2D eigenvalue weighted by Gasteiger charge is 2.34. The van der Waals surface area contributed by atoms with E-state index < -0.39 is 18.1 Å². The minimum Gasteiger partial charge on any atom is -0.480 e. The number of carboxylic acid groups (broad SMARTS) is 1. The molecule has 0 bridgehead atoms. The lowest BCUT2D eigenvalue weighted by atomic mass is 9.98. The highest BCUT2D eigenvalue weighted by molar-refractivity contribution is 5.88. The fraction of sp³-hybridized carbons (Fsp3) is 0.400. The first-order chi connectivity index (χ1) is 15.5. The summed E-state index contributed by atoms with van der Waals surface area (Å²) >= 11 is 0. The predicted octanol–water partition coefficient (Wildman–Crippen LogP) is 3.63. The number of hydrogen-bond acceptors (Lipinski definition) is 4. The summed E-state index contributed by atoms with van der Waals surface area (Å²) in [6, 6.07) is 15.4. The van der Waals surface area contributed by atoms with E-state index >= 15 is 0 Å². The number of likely N-dealkylation sites (N-methyl/N-ethyl adjacent to an activating group) is 1. The van der Waals surface area contributed by atoms with Crippen LogP contribution in [0.25, 0.3) is 11.1 Å². The standard InChI is InChI=1S/C25H28N2O5/c1-2-27(14-23(28)29)24(30)22(13-16-11-12-16)26-25(31)32-15-21-19-9-5-3-7-17(19)18-8-4-6-10-20(18)21/h3-10,16,21-22H,2,11-15H2,1H3,(H,26,31)(H,28,29). The normalized spacial score (nSPS) is 15.4. The number of alkyl carbamates (subject to hydrolysis) is 1. The Hall–Kier alpha value is -3.35. The molecule has 0 saturated heterocycles. The summed E-state index contributed by atoms with van der Waals surface area (Å²) in [5.74, 6) is -1.15. The fourth-order valence-corrected chi connectivity index (χ4v) is 4.42. The predicted molar refractivity (Wildman–Crippen MR) is 119 cm³/mol. The van der Waals surface area contributed by atoms with Crippen LogP contribution < -0.4 is 5.32 Å². The molecule has 2 aromatic carbocycles. The lowest BCUT2D eigenvalue weighted by Gasteiger charge is -2.25. The second-order valence-electron chi connectivity index (χ2n) is 8.45. The number of aliphatic carboxylic acids is 1. The summed E-state index contributed by atoms with van der Waals surface area (Å²) in [6.45, 7) is 1.76. The SMILES string of the molecule is CCN(CC(=O)O)C(=O)C(CC1CC1)NC(=O)OCC1c2ccccc2-c2ccccc21. The Morgan fingerprint density at radius 1 is 1.06 bits per heavy atom. The number of nitrogens with one attached hydrogen (secondary N) is 1. The van der Waals surface area contributed by atoms with Crippen LogP contribution in [-0.2, 0) is 14.3 Å². The number of carboxylic acids is 1. The highest BCUT2D eigenvalue weighted by atomic mass is 16.5. The molecule has 168 valence electrons. The van der Waals surface area contributed by atoms with E-state index in [1.165, 1.54) is 4.90 Å². The molecule has 1 atom stereocenters. The van der Waals surface area contributed by atoms with Gasteiger partial charge in [-0.25, -0.2) is 4.79 Å². The van der Waals surface area contributed by atoms with Crippen molar-refractivity contribution < 1.29 is 24.2 Å². The van der Waals surface area contributed by atoms with Crippen LogP contribution in [0.3, 0.4) is 0 Å². The molecule has 1 saturated carbocycles. The van der Waals surface area contributed by atoms with Gasteiger partial charge in [-0.1, -0.05) is 61.4 Å². The smallest absolute Gasteiger partial charge is 0.407 e. The maximum absolute atomic E-state index is 12.9. The second-order valence-corrected chi connectivity index (χ2v) is 8.45. The van der Waals surface area contributed by atoms with Crippen molar-refractivity contribution in [2.24, 2.45) is 5.92 Å². The molecule has 2 aromatic rings. The van der Waals surface area contributed by atoms with E-state index in [0.29, 0.717) is 12.3 Å². The van der Waals surface area contributed by atoms with Gasteiger partial charge in [0.15, 0.2) is 0 Å². The molecule has 0 aromatic heterocycles. The molecule has 1 unspecified atom stereocenters. The average Bonchev–Trinajstić information content (AvgIpc) is 3.55. The summed E-state index contributed by atoms with van der Waals surface area (Å²) in [4.78, 5) is 37.9. The minimum absolute atomic E-state index is 0.0649. The molecule has 4 rings (SSSR count). The van der Waals surface area contributed by atoms with E-state index in [2.05, 4.69) is 17.4 Å². The summed E-state index contributed by atoms with van der Waals surface area (Å²) in [5, 5.41) is 11.8. The third-order valence-electron chi connectivity index (χ3n) is 6.22. The molecular weight excluding hydrogens is 408 g/mol. The molecule has 7 heteroatoms. The van der Waals surface area contributed by atoms with Gasteiger partial charge in [-0.05, 0) is 41.5 Å². The van der Waals surface area contributed by atoms with Crippen molar-refractivity contribution in [2.75, 3.05) is 19.7 Å². The van der Waals surface area contributed by atoms with Crippen LogP contribution in [0.1, 0.15) is 43.2 Å². The molecule has 32 heavy (non-hydrogen) atoms. The minimum atomic E-state index is -1.08. The number of benzene rings is 2. The highest BCUT2D eigenvalue weighted by Crippen LogP contribution is 2.44. The maximum Gasteiger partial charge on any atom is 0.407 e. The molecule has 7 nitrogen and oxygen atoms in total. The number of hydrogen-bond donors (Lipinski definition) is 2. The monoisotopic (exact) mass is 436 g/mol. The molecule has 0 heterocycles. The van der Waals surface area contributed by atoms with Crippen molar-refractivity contribution in [1.29, 1.82) is 0 Å². The number of rotatable bonds is 9. The van der Waals surface area contributed by atoms with E-state index in [0.717, 1.165) is 35.1 Å². The van der Waals surface area contributed by atoms with Crippen LogP contribution in [-0.4, -0.2) is 53.7 Å². The number of carbonyl (C=O) groups is 3. The molecule has 2 aliphatic rings. The summed E-state index contributed by atoms with van der Waals surface area (Å²) in [6.07, 6.45) is 1.87. The number of carbonyl (C=O) groups excluding carboxylic acids is 2. The van der Waals surface area contributed by atoms with Crippen LogP contribution in [0, 0.1) is 5.92 Å². The summed E-state index contributed by atoms with van der Waals surface area (Å²) in [5.41, 5.74) is 4.52. The molecule has 2 aliphatic carbocycles. The molecule has 0 radical (unpaired) electrons. The Morgan fingerprint density at radius 2 is 1.66 bits per heavy atom. The average molecular weight is 437 g/mol. The van der Waals surface area contributed by atoms with Crippen LogP contribution in [0.4, 0.5) is 4.79 Å². The van der Waals surface area contributed by atoms with Gasteiger partial charge in [-0.15, -0.1) is 0 Å². The molecule has 0 spiro atoms. The van der Waals surface area contributed by atoms with Crippen molar-refractivity contribution in [1.82, 2.24) is 10.2 Å². The Balaban J connectivity index is 1.43. The molecule has 1 fully saturated rings. The largest absolute Gasteiger partial charge is 0.480 e. The quantitative estimate of drug-likeness (QED) is 0.626. The number of nitrogens with zero attached hydrogens (tertiary/aromatic N) is 1. The van der Waals surface area contributed by atoms with E-state index in [1.54, 1.807) is 6.92 Å². The van der Waals surface area contributed by atoms with E-state index in [4.69, 9.17) is 9.84 Å².